The van der Waals surface area contributed by atoms with Crippen LogP contribution < -0.4 is 10.6 Å². The summed E-state index contributed by atoms with van der Waals surface area (Å²) in [5.74, 6) is -1.70. The molecule has 0 saturated carbocycles. The van der Waals surface area contributed by atoms with Crippen LogP contribution in [0.4, 0.5) is 4.39 Å². The highest BCUT2D eigenvalue weighted by Gasteiger charge is 2.27. The largest absolute Gasteiger partial charge is 0.343 e. The van der Waals surface area contributed by atoms with Crippen molar-refractivity contribution in [2.24, 2.45) is 0 Å². The highest BCUT2D eigenvalue weighted by atomic mass is 19.1. The van der Waals surface area contributed by atoms with Gasteiger partial charge in [0.25, 0.3) is 5.91 Å². The van der Waals surface area contributed by atoms with E-state index in [-0.39, 0.29) is 5.56 Å². The molecule has 1 unspecified atom stereocenters. The molecule has 0 aromatic heterocycles. The predicted molar refractivity (Wildman–Crippen MR) is 126 cm³/mol. The average molecular weight is 439 g/mol. The standard InChI is InChI=1S/C28H23FN2O2/c29-24-19-11-10-18-23(24)27(32)31-26(22-16-8-3-9-17-22)28(33)30-25(20-12-4-1-5-13-20)21-14-6-2-7-15-21/h1-19,25-26H,(H,30,33)(H,31,32). The van der Waals surface area contributed by atoms with E-state index >= 15 is 0 Å². The van der Waals surface area contributed by atoms with E-state index in [1.54, 1.807) is 30.3 Å². The van der Waals surface area contributed by atoms with Gasteiger partial charge in [0.05, 0.1) is 11.6 Å². The molecule has 4 aromatic carbocycles. The van der Waals surface area contributed by atoms with Crippen LogP contribution in [0.15, 0.2) is 115 Å². The Kier molecular flexibility index (Phi) is 6.90. The van der Waals surface area contributed by atoms with Crippen LogP contribution in [0, 0.1) is 5.82 Å². The lowest BCUT2D eigenvalue weighted by atomic mass is 9.97. The third-order valence-corrected chi connectivity index (χ3v) is 5.34. The van der Waals surface area contributed by atoms with E-state index in [1.165, 1.54) is 18.2 Å². The third kappa shape index (κ3) is 5.33. The van der Waals surface area contributed by atoms with Gasteiger partial charge in [0.15, 0.2) is 0 Å². The number of amides is 2. The highest BCUT2D eigenvalue weighted by molar-refractivity contribution is 5.98. The number of halogens is 1. The Hall–Kier alpha value is -4.25. The van der Waals surface area contributed by atoms with Crippen molar-refractivity contribution < 1.29 is 14.0 Å². The monoisotopic (exact) mass is 438 g/mol. The quantitative estimate of drug-likeness (QED) is 0.417. The Morgan fingerprint density at radius 2 is 1.03 bits per heavy atom. The van der Waals surface area contributed by atoms with Gasteiger partial charge in [-0.1, -0.05) is 103 Å². The van der Waals surface area contributed by atoms with Gasteiger partial charge in [-0.3, -0.25) is 9.59 Å². The lowest BCUT2D eigenvalue weighted by molar-refractivity contribution is -0.123. The van der Waals surface area contributed by atoms with Crippen molar-refractivity contribution in [1.82, 2.24) is 10.6 Å². The van der Waals surface area contributed by atoms with E-state index in [9.17, 15) is 14.0 Å². The molecule has 0 bridgehead atoms. The Bertz CT molecular complexity index is 1170. The molecule has 0 saturated heterocycles. The molecule has 0 aliphatic rings. The summed E-state index contributed by atoms with van der Waals surface area (Å²) in [6.07, 6.45) is 0. The second-order valence-corrected chi connectivity index (χ2v) is 7.56. The van der Waals surface area contributed by atoms with Gasteiger partial charge in [-0.05, 0) is 28.8 Å². The molecular weight excluding hydrogens is 415 g/mol. The minimum atomic E-state index is -1.01. The molecule has 4 aromatic rings. The van der Waals surface area contributed by atoms with Crippen LogP contribution in [0.25, 0.3) is 0 Å². The maximum atomic E-state index is 14.2. The lowest BCUT2D eigenvalue weighted by Gasteiger charge is -2.25. The zero-order valence-corrected chi connectivity index (χ0v) is 17.8. The minimum Gasteiger partial charge on any atom is -0.343 e. The van der Waals surface area contributed by atoms with E-state index in [2.05, 4.69) is 10.6 Å². The van der Waals surface area contributed by atoms with E-state index in [1.807, 2.05) is 66.7 Å². The molecular formula is C28H23FN2O2. The van der Waals surface area contributed by atoms with Crippen LogP contribution >= 0.6 is 0 Å². The van der Waals surface area contributed by atoms with Gasteiger partial charge in [-0.15, -0.1) is 0 Å². The van der Waals surface area contributed by atoms with Gasteiger partial charge in [0.1, 0.15) is 11.9 Å². The van der Waals surface area contributed by atoms with Crippen molar-refractivity contribution in [2.45, 2.75) is 12.1 Å². The number of carbonyl (C=O) groups is 2. The summed E-state index contributed by atoms with van der Waals surface area (Å²) in [6, 6.07) is 32.4. The zero-order valence-electron chi connectivity index (χ0n) is 17.8. The molecule has 1 atom stereocenters. The normalized spacial score (nSPS) is 11.6. The van der Waals surface area contributed by atoms with Crippen molar-refractivity contribution in [2.75, 3.05) is 0 Å². The first kappa shape index (κ1) is 22.0. The fourth-order valence-electron chi connectivity index (χ4n) is 3.68. The van der Waals surface area contributed by atoms with Gasteiger partial charge in [-0.2, -0.15) is 0 Å². The molecule has 4 rings (SSSR count). The number of carbonyl (C=O) groups excluding carboxylic acids is 2. The second kappa shape index (κ2) is 10.4. The SMILES string of the molecule is O=C(NC(C(=O)NC(c1ccccc1)c1ccccc1)c1ccccc1)c1ccccc1F. The van der Waals surface area contributed by atoms with E-state index in [0.29, 0.717) is 5.56 Å². The van der Waals surface area contributed by atoms with Crippen LogP contribution in [0.2, 0.25) is 0 Å². The molecule has 2 N–H and O–H groups in total. The maximum absolute atomic E-state index is 14.2. The van der Waals surface area contributed by atoms with Gasteiger partial charge in [-0.25, -0.2) is 4.39 Å². The van der Waals surface area contributed by atoms with E-state index < -0.39 is 29.7 Å². The summed E-state index contributed by atoms with van der Waals surface area (Å²) in [4.78, 5) is 26.4. The summed E-state index contributed by atoms with van der Waals surface area (Å²) in [5.41, 5.74) is 2.29. The minimum absolute atomic E-state index is 0.117. The third-order valence-electron chi connectivity index (χ3n) is 5.34. The summed E-state index contributed by atoms with van der Waals surface area (Å²) < 4.78 is 14.2. The Morgan fingerprint density at radius 1 is 0.576 bits per heavy atom. The van der Waals surface area contributed by atoms with Crippen LogP contribution in [0.5, 0.6) is 0 Å². The van der Waals surface area contributed by atoms with Crippen molar-refractivity contribution in [3.63, 3.8) is 0 Å². The number of hydrogen-bond acceptors (Lipinski definition) is 2. The van der Waals surface area contributed by atoms with Gasteiger partial charge in [0.2, 0.25) is 5.91 Å². The van der Waals surface area contributed by atoms with Gasteiger partial charge >= 0.3 is 0 Å². The average Bonchev–Trinajstić information content (AvgIpc) is 2.87. The molecule has 0 aliphatic heterocycles. The smallest absolute Gasteiger partial charge is 0.255 e. The topological polar surface area (TPSA) is 58.2 Å². The van der Waals surface area contributed by atoms with E-state index in [0.717, 1.165) is 11.1 Å². The van der Waals surface area contributed by atoms with Crippen LogP contribution in [-0.4, -0.2) is 11.8 Å². The van der Waals surface area contributed by atoms with Crippen molar-refractivity contribution in [3.05, 3.63) is 143 Å². The number of nitrogens with one attached hydrogen (secondary N) is 2. The van der Waals surface area contributed by atoms with Gasteiger partial charge < -0.3 is 10.6 Å². The molecule has 0 aliphatic carbocycles. The van der Waals surface area contributed by atoms with Crippen LogP contribution in [0.3, 0.4) is 0 Å². The maximum Gasteiger partial charge on any atom is 0.255 e. The van der Waals surface area contributed by atoms with Crippen LogP contribution in [-0.2, 0) is 4.79 Å². The molecule has 164 valence electrons. The van der Waals surface area contributed by atoms with Crippen LogP contribution in [0.1, 0.15) is 39.1 Å². The first-order valence-electron chi connectivity index (χ1n) is 10.6. The fourth-order valence-corrected chi connectivity index (χ4v) is 3.68. The Labute approximate surface area is 192 Å². The van der Waals surface area contributed by atoms with Crippen molar-refractivity contribution in [1.29, 1.82) is 0 Å². The lowest BCUT2D eigenvalue weighted by Crippen LogP contribution is -2.42. The highest BCUT2D eigenvalue weighted by Crippen LogP contribution is 2.24. The first-order chi connectivity index (χ1) is 16.1. The van der Waals surface area contributed by atoms with E-state index in [4.69, 9.17) is 0 Å². The summed E-state index contributed by atoms with van der Waals surface area (Å²) in [6.45, 7) is 0. The van der Waals surface area contributed by atoms with Crippen molar-refractivity contribution in [3.8, 4) is 0 Å². The van der Waals surface area contributed by atoms with Gasteiger partial charge in [0, 0.05) is 0 Å². The summed E-state index contributed by atoms with van der Waals surface area (Å²) in [7, 11) is 0. The molecule has 5 heteroatoms. The second-order valence-electron chi connectivity index (χ2n) is 7.56. The fraction of sp³-hybridized carbons (Fsp3) is 0.0714. The van der Waals surface area contributed by atoms with Crippen molar-refractivity contribution >= 4 is 11.8 Å². The molecule has 2 amide bonds. The number of rotatable bonds is 7. The molecule has 0 fully saturated rings. The predicted octanol–water partition coefficient (Wildman–Crippen LogP) is 5.20. The first-order valence-corrected chi connectivity index (χ1v) is 10.6. The molecule has 0 heterocycles. The molecule has 0 radical (unpaired) electrons. The Morgan fingerprint density at radius 3 is 1.55 bits per heavy atom. The number of hydrogen-bond donors (Lipinski definition) is 2. The molecule has 33 heavy (non-hydrogen) atoms. The zero-order chi connectivity index (χ0) is 23.0. The summed E-state index contributed by atoms with van der Waals surface area (Å²) >= 11 is 0. The number of benzene rings is 4. The molecule has 4 nitrogen and oxygen atoms in total. The Balaban J connectivity index is 1.65. The molecule has 0 spiro atoms. The summed E-state index contributed by atoms with van der Waals surface area (Å²) in [5, 5.41) is 5.78.